The van der Waals surface area contributed by atoms with Crippen molar-refractivity contribution in [2.24, 2.45) is 0 Å². The lowest BCUT2D eigenvalue weighted by molar-refractivity contribution is -0.154. The number of hydrogen-bond donors (Lipinski definition) is 2. The maximum absolute atomic E-state index is 12.4. The first kappa shape index (κ1) is 19.2. The van der Waals surface area contributed by atoms with Crippen LogP contribution in [-0.2, 0) is 14.3 Å². The Morgan fingerprint density at radius 1 is 0.923 bits per heavy atom. The van der Waals surface area contributed by atoms with Crippen molar-refractivity contribution in [3.8, 4) is 0 Å². The van der Waals surface area contributed by atoms with E-state index in [9.17, 15) is 14.4 Å². The van der Waals surface area contributed by atoms with E-state index in [1.807, 2.05) is 60.7 Å². The predicted molar refractivity (Wildman–Crippen MR) is 97.5 cm³/mol. The number of esters is 1. The van der Waals surface area contributed by atoms with E-state index in [1.165, 1.54) is 14.0 Å². The van der Waals surface area contributed by atoms with Crippen LogP contribution in [-0.4, -0.2) is 31.1 Å². The number of nitrogens with one attached hydrogen (secondary N) is 2. The highest BCUT2D eigenvalue weighted by molar-refractivity contribution is 5.97. The number of carbonyl (C=O) groups excluding carboxylic acids is 3. The van der Waals surface area contributed by atoms with Gasteiger partial charge in [-0.15, -0.1) is 0 Å². The Morgan fingerprint density at radius 2 is 1.42 bits per heavy atom. The Balaban J connectivity index is 2.07. The fourth-order valence-corrected chi connectivity index (χ4v) is 2.54. The van der Waals surface area contributed by atoms with Crippen LogP contribution in [0.5, 0.6) is 0 Å². The standard InChI is InChI=1S/C20H22N2O4/c1-14(19(24)22-20(25)21-2)26-18(23)13-17(15-9-5-3-6-10-15)16-11-7-4-8-12-16/h3-12,14,17H,13H2,1-2H3,(H2,21,22,24,25)/t14-/m0/s1. The highest BCUT2D eigenvalue weighted by Crippen LogP contribution is 2.28. The molecule has 26 heavy (non-hydrogen) atoms. The lowest BCUT2D eigenvalue weighted by atomic mass is 9.88. The highest BCUT2D eigenvalue weighted by atomic mass is 16.5. The SMILES string of the molecule is CNC(=O)NC(=O)[C@H](C)OC(=O)CC(c1ccccc1)c1ccccc1. The van der Waals surface area contributed by atoms with Crippen molar-refractivity contribution in [1.29, 1.82) is 0 Å². The lowest BCUT2D eigenvalue weighted by Crippen LogP contribution is -2.43. The van der Waals surface area contributed by atoms with E-state index in [-0.39, 0.29) is 12.3 Å². The van der Waals surface area contributed by atoms with Crippen molar-refractivity contribution >= 4 is 17.9 Å². The van der Waals surface area contributed by atoms with Crippen molar-refractivity contribution in [1.82, 2.24) is 10.6 Å². The molecule has 0 radical (unpaired) electrons. The fourth-order valence-electron chi connectivity index (χ4n) is 2.54. The molecule has 1 atom stereocenters. The quantitative estimate of drug-likeness (QED) is 0.781. The summed E-state index contributed by atoms with van der Waals surface area (Å²) < 4.78 is 5.20. The van der Waals surface area contributed by atoms with E-state index >= 15 is 0 Å². The van der Waals surface area contributed by atoms with E-state index in [1.54, 1.807) is 0 Å². The molecule has 0 aliphatic carbocycles. The predicted octanol–water partition coefficient (Wildman–Crippen LogP) is 2.60. The van der Waals surface area contributed by atoms with Crippen LogP contribution in [0.25, 0.3) is 0 Å². The molecule has 2 N–H and O–H groups in total. The van der Waals surface area contributed by atoms with E-state index in [0.29, 0.717) is 0 Å². The van der Waals surface area contributed by atoms with Crippen LogP contribution in [0.15, 0.2) is 60.7 Å². The molecular weight excluding hydrogens is 332 g/mol. The second-order valence-electron chi connectivity index (χ2n) is 5.78. The number of rotatable bonds is 6. The number of imide groups is 1. The van der Waals surface area contributed by atoms with Crippen molar-refractivity contribution in [2.75, 3.05) is 7.05 Å². The van der Waals surface area contributed by atoms with E-state index in [0.717, 1.165) is 11.1 Å². The van der Waals surface area contributed by atoms with Crippen LogP contribution in [0.1, 0.15) is 30.4 Å². The van der Waals surface area contributed by atoms with Gasteiger partial charge in [0.15, 0.2) is 6.10 Å². The summed E-state index contributed by atoms with van der Waals surface area (Å²) in [6, 6.07) is 18.6. The summed E-state index contributed by atoms with van der Waals surface area (Å²) in [4.78, 5) is 35.4. The van der Waals surface area contributed by atoms with Gasteiger partial charge >= 0.3 is 12.0 Å². The van der Waals surface area contributed by atoms with Crippen molar-refractivity contribution in [3.63, 3.8) is 0 Å². The number of carbonyl (C=O) groups is 3. The van der Waals surface area contributed by atoms with E-state index < -0.39 is 24.0 Å². The average molecular weight is 354 g/mol. The number of benzene rings is 2. The van der Waals surface area contributed by atoms with Gasteiger partial charge in [0, 0.05) is 13.0 Å². The van der Waals surface area contributed by atoms with Gasteiger partial charge in [0.2, 0.25) is 0 Å². The summed E-state index contributed by atoms with van der Waals surface area (Å²) in [5.74, 6) is -1.37. The van der Waals surface area contributed by atoms with Crippen molar-refractivity contribution < 1.29 is 19.1 Å². The minimum atomic E-state index is -1.06. The van der Waals surface area contributed by atoms with Gasteiger partial charge in [0.25, 0.3) is 5.91 Å². The number of amides is 3. The maximum Gasteiger partial charge on any atom is 0.321 e. The van der Waals surface area contributed by atoms with Crippen molar-refractivity contribution in [3.05, 3.63) is 71.8 Å². The molecule has 0 unspecified atom stereocenters. The summed E-state index contributed by atoms with van der Waals surface area (Å²) in [5, 5.41) is 4.35. The molecule has 6 nitrogen and oxygen atoms in total. The second kappa shape index (κ2) is 9.36. The van der Waals surface area contributed by atoms with Crippen LogP contribution >= 0.6 is 0 Å². The fraction of sp³-hybridized carbons (Fsp3) is 0.250. The molecule has 2 aromatic carbocycles. The third-order valence-corrected chi connectivity index (χ3v) is 3.92. The third kappa shape index (κ3) is 5.44. The number of urea groups is 1. The molecule has 136 valence electrons. The number of hydrogen-bond acceptors (Lipinski definition) is 4. The molecule has 3 amide bonds. The van der Waals surface area contributed by atoms with E-state index in [2.05, 4.69) is 10.6 Å². The Hall–Kier alpha value is -3.15. The second-order valence-corrected chi connectivity index (χ2v) is 5.78. The molecule has 0 saturated carbocycles. The minimum absolute atomic E-state index is 0.0889. The molecule has 2 aromatic rings. The average Bonchev–Trinajstić information content (AvgIpc) is 2.67. The molecule has 0 fully saturated rings. The first-order valence-electron chi connectivity index (χ1n) is 8.33. The Morgan fingerprint density at radius 3 is 1.88 bits per heavy atom. The Labute approximate surface area is 152 Å². The summed E-state index contributed by atoms with van der Waals surface area (Å²) in [5.41, 5.74) is 1.97. The first-order chi connectivity index (χ1) is 12.5. The smallest absolute Gasteiger partial charge is 0.321 e. The summed E-state index contributed by atoms with van der Waals surface area (Å²) in [6.45, 7) is 1.43. The first-order valence-corrected chi connectivity index (χ1v) is 8.33. The molecule has 0 aliphatic rings. The summed E-state index contributed by atoms with van der Waals surface area (Å²) >= 11 is 0. The normalized spacial score (nSPS) is 11.5. The topological polar surface area (TPSA) is 84.5 Å². The van der Waals surface area contributed by atoms with Crippen LogP contribution < -0.4 is 10.6 Å². The van der Waals surface area contributed by atoms with Crippen molar-refractivity contribution in [2.45, 2.75) is 25.4 Å². The number of ether oxygens (including phenoxy) is 1. The zero-order valence-electron chi connectivity index (χ0n) is 14.8. The lowest BCUT2D eigenvalue weighted by Gasteiger charge is -2.19. The summed E-state index contributed by atoms with van der Waals surface area (Å²) in [7, 11) is 1.39. The Kier molecular flexibility index (Phi) is 6.91. The Bertz CT molecular complexity index is 707. The molecule has 0 spiro atoms. The van der Waals surface area contributed by atoms with Gasteiger partial charge in [-0.3, -0.25) is 14.9 Å². The van der Waals surface area contributed by atoms with Crippen LogP contribution in [0.2, 0.25) is 0 Å². The minimum Gasteiger partial charge on any atom is -0.453 e. The molecule has 0 aromatic heterocycles. The maximum atomic E-state index is 12.4. The monoisotopic (exact) mass is 354 g/mol. The van der Waals surface area contributed by atoms with Crippen LogP contribution in [0, 0.1) is 0 Å². The van der Waals surface area contributed by atoms with Gasteiger partial charge in [-0.05, 0) is 18.1 Å². The van der Waals surface area contributed by atoms with Crippen LogP contribution in [0.3, 0.4) is 0 Å². The van der Waals surface area contributed by atoms with E-state index in [4.69, 9.17) is 4.74 Å². The molecule has 6 heteroatoms. The van der Waals surface area contributed by atoms with Gasteiger partial charge in [-0.1, -0.05) is 60.7 Å². The molecule has 0 aliphatic heterocycles. The van der Waals surface area contributed by atoms with Gasteiger partial charge in [-0.2, -0.15) is 0 Å². The van der Waals surface area contributed by atoms with Gasteiger partial charge in [0.1, 0.15) is 0 Å². The van der Waals surface area contributed by atoms with Gasteiger partial charge < -0.3 is 10.1 Å². The molecule has 0 saturated heterocycles. The summed E-state index contributed by atoms with van der Waals surface area (Å²) in [6.07, 6.45) is -0.974. The zero-order valence-corrected chi connectivity index (χ0v) is 14.8. The van der Waals surface area contributed by atoms with Gasteiger partial charge in [-0.25, -0.2) is 4.79 Å². The highest BCUT2D eigenvalue weighted by Gasteiger charge is 2.23. The molecule has 2 rings (SSSR count). The molecular formula is C20H22N2O4. The van der Waals surface area contributed by atoms with Crippen LogP contribution in [0.4, 0.5) is 4.79 Å². The molecule has 0 bridgehead atoms. The largest absolute Gasteiger partial charge is 0.453 e. The molecule has 0 heterocycles. The van der Waals surface area contributed by atoms with Gasteiger partial charge in [0.05, 0.1) is 6.42 Å². The zero-order chi connectivity index (χ0) is 18.9. The third-order valence-electron chi connectivity index (χ3n) is 3.92.